The standard InChI is InChI=1S/C18H32N2O2.C11H16.C3H8.2C2H6/c1-12(2)14(4)19-16(18(6,7)8)17(22)20(9)11-10-13(3)15(5)21;1-5-7-9-11(8-6-2)10(3)4;1-3-2;2*1-2/h10,12,16,19,21H,4-5,11H2,1-3,6-9H3;5-9H,1H2,2-4H3;3H2,1-2H3;2*1-2H3/b13-10+;8-6-,9-7-;;;. The van der Waals surface area contributed by atoms with E-state index >= 15 is 0 Å². The van der Waals surface area contributed by atoms with Crippen LogP contribution in [0.25, 0.3) is 0 Å². The van der Waals surface area contributed by atoms with Crippen LogP contribution in [0.3, 0.4) is 0 Å². The first-order chi connectivity index (χ1) is 18.5. The Labute approximate surface area is 251 Å². The molecule has 0 aliphatic heterocycles. The maximum absolute atomic E-state index is 12.7. The van der Waals surface area contributed by atoms with E-state index in [1.807, 2.05) is 81.4 Å². The molecular formula is C36H68N2O2. The van der Waals surface area contributed by atoms with Crippen LogP contribution in [0.2, 0.25) is 0 Å². The lowest BCUT2D eigenvalue weighted by molar-refractivity contribution is -0.134. The highest BCUT2D eigenvalue weighted by Gasteiger charge is 2.33. The van der Waals surface area contributed by atoms with Crippen molar-refractivity contribution in [3.63, 3.8) is 0 Å². The highest BCUT2D eigenvalue weighted by Crippen LogP contribution is 2.23. The summed E-state index contributed by atoms with van der Waals surface area (Å²) in [6.45, 7) is 41.9. The average Bonchev–Trinajstić information content (AvgIpc) is 2.89. The number of aliphatic hydroxyl groups excluding tert-OH is 1. The number of amides is 1. The van der Waals surface area contributed by atoms with Gasteiger partial charge in [0.1, 0.15) is 11.8 Å². The Bertz CT molecular complexity index is 799. The molecule has 0 spiro atoms. The summed E-state index contributed by atoms with van der Waals surface area (Å²) in [5, 5.41) is 12.6. The van der Waals surface area contributed by atoms with Crippen molar-refractivity contribution in [2.24, 2.45) is 11.3 Å². The first-order valence-electron chi connectivity index (χ1n) is 14.9. The topological polar surface area (TPSA) is 52.6 Å². The third-order valence-corrected chi connectivity index (χ3v) is 4.98. The predicted octanol–water partition coefficient (Wildman–Crippen LogP) is 10.7. The second kappa shape index (κ2) is 29.2. The molecule has 1 unspecified atom stereocenters. The summed E-state index contributed by atoms with van der Waals surface area (Å²) in [5.41, 5.74) is 3.87. The average molecular weight is 561 g/mol. The number of likely N-dealkylation sites (N-methyl/N-ethyl adjacent to an activating group) is 1. The minimum absolute atomic E-state index is 0.00176. The van der Waals surface area contributed by atoms with Crippen LogP contribution in [0.4, 0.5) is 0 Å². The lowest BCUT2D eigenvalue weighted by Crippen LogP contribution is -2.52. The Hall–Kier alpha value is -2.75. The molecule has 0 saturated heterocycles. The molecule has 0 heterocycles. The van der Waals surface area contributed by atoms with Crippen molar-refractivity contribution in [3.8, 4) is 0 Å². The van der Waals surface area contributed by atoms with E-state index in [9.17, 15) is 9.90 Å². The Balaban J connectivity index is -0.000000189. The van der Waals surface area contributed by atoms with E-state index in [1.165, 1.54) is 17.6 Å². The van der Waals surface area contributed by atoms with Gasteiger partial charge in [-0.2, -0.15) is 0 Å². The zero-order valence-corrected chi connectivity index (χ0v) is 29.5. The van der Waals surface area contributed by atoms with Gasteiger partial charge in [0.2, 0.25) is 5.91 Å². The molecule has 0 aromatic rings. The van der Waals surface area contributed by atoms with E-state index in [4.69, 9.17) is 0 Å². The molecule has 0 aliphatic rings. The zero-order valence-electron chi connectivity index (χ0n) is 29.5. The molecule has 1 atom stereocenters. The van der Waals surface area contributed by atoms with Crippen LogP contribution in [-0.4, -0.2) is 35.5 Å². The summed E-state index contributed by atoms with van der Waals surface area (Å²) in [5.74, 6) is 0.296. The Kier molecular flexibility index (Phi) is 34.4. The van der Waals surface area contributed by atoms with E-state index in [-0.39, 0.29) is 29.0 Å². The summed E-state index contributed by atoms with van der Waals surface area (Å²) >= 11 is 0. The number of rotatable bonds is 10. The van der Waals surface area contributed by atoms with Crippen molar-refractivity contribution in [3.05, 3.63) is 84.4 Å². The van der Waals surface area contributed by atoms with Gasteiger partial charge in [0.05, 0.1) is 0 Å². The molecule has 1 amide bonds. The fourth-order valence-corrected chi connectivity index (χ4v) is 2.44. The minimum Gasteiger partial charge on any atom is -0.508 e. The van der Waals surface area contributed by atoms with E-state index in [1.54, 1.807) is 31.0 Å². The van der Waals surface area contributed by atoms with Gasteiger partial charge in [-0.1, -0.05) is 144 Å². The third-order valence-electron chi connectivity index (χ3n) is 4.98. The quantitative estimate of drug-likeness (QED) is 0.206. The van der Waals surface area contributed by atoms with Crippen LogP contribution >= 0.6 is 0 Å². The van der Waals surface area contributed by atoms with Gasteiger partial charge in [-0.3, -0.25) is 4.79 Å². The molecule has 0 radical (unpaired) electrons. The Morgan fingerprint density at radius 2 is 1.45 bits per heavy atom. The number of aliphatic hydroxyl groups is 1. The summed E-state index contributed by atoms with van der Waals surface area (Å²) in [4.78, 5) is 14.4. The van der Waals surface area contributed by atoms with Gasteiger partial charge < -0.3 is 15.3 Å². The second-order valence-corrected chi connectivity index (χ2v) is 10.4. The first kappa shape index (κ1) is 47.1. The Morgan fingerprint density at radius 3 is 1.75 bits per heavy atom. The lowest BCUT2D eigenvalue weighted by atomic mass is 9.85. The highest BCUT2D eigenvalue weighted by molar-refractivity contribution is 5.83. The molecule has 234 valence electrons. The van der Waals surface area contributed by atoms with Gasteiger partial charge in [-0.15, -0.1) is 0 Å². The molecule has 0 aromatic heterocycles. The number of hydrogen-bond acceptors (Lipinski definition) is 3. The molecule has 0 rings (SSSR count). The van der Waals surface area contributed by atoms with Gasteiger partial charge in [0.25, 0.3) is 0 Å². The first-order valence-corrected chi connectivity index (χ1v) is 14.9. The van der Waals surface area contributed by atoms with E-state index in [0.29, 0.717) is 12.1 Å². The molecule has 0 saturated carbocycles. The van der Waals surface area contributed by atoms with Crippen molar-refractivity contribution in [2.45, 2.75) is 116 Å². The molecule has 0 aromatic carbocycles. The largest absolute Gasteiger partial charge is 0.508 e. The van der Waals surface area contributed by atoms with Gasteiger partial charge >= 0.3 is 0 Å². The number of nitrogens with one attached hydrogen (secondary N) is 1. The van der Waals surface area contributed by atoms with Crippen LogP contribution in [0.5, 0.6) is 0 Å². The lowest BCUT2D eigenvalue weighted by Gasteiger charge is -2.35. The Morgan fingerprint density at radius 1 is 1.00 bits per heavy atom. The zero-order chi connectivity index (χ0) is 33.1. The number of nitrogens with zero attached hydrogens (tertiary/aromatic N) is 1. The summed E-state index contributed by atoms with van der Waals surface area (Å²) in [6, 6.07) is -0.349. The fraction of sp³-hybridized carbons (Fsp3) is 0.583. The smallest absolute Gasteiger partial charge is 0.245 e. The van der Waals surface area contributed by atoms with E-state index < -0.39 is 0 Å². The van der Waals surface area contributed by atoms with Gasteiger partial charge in [0, 0.05) is 19.3 Å². The van der Waals surface area contributed by atoms with E-state index in [2.05, 4.69) is 64.9 Å². The molecule has 4 nitrogen and oxygen atoms in total. The van der Waals surface area contributed by atoms with Crippen LogP contribution in [0, 0.1) is 11.3 Å². The molecule has 0 aliphatic carbocycles. The van der Waals surface area contributed by atoms with Gasteiger partial charge in [0.15, 0.2) is 0 Å². The number of allylic oxidation sites excluding steroid dienone is 9. The van der Waals surface area contributed by atoms with Crippen molar-refractivity contribution in [1.29, 1.82) is 0 Å². The fourth-order valence-electron chi connectivity index (χ4n) is 2.44. The molecule has 0 bridgehead atoms. The van der Waals surface area contributed by atoms with Crippen molar-refractivity contribution in [1.82, 2.24) is 10.2 Å². The molecule has 40 heavy (non-hydrogen) atoms. The monoisotopic (exact) mass is 561 g/mol. The third kappa shape index (κ3) is 26.8. The van der Waals surface area contributed by atoms with Crippen LogP contribution in [0.1, 0.15) is 110 Å². The summed E-state index contributed by atoms with van der Waals surface area (Å²) < 4.78 is 0. The van der Waals surface area contributed by atoms with Crippen molar-refractivity contribution in [2.75, 3.05) is 13.6 Å². The molecular weight excluding hydrogens is 492 g/mol. The van der Waals surface area contributed by atoms with Crippen molar-refractivity contribution < 1.29 is 9.90 Å². The number of hydrogen-bond donors (Lipinski definition) is 2. The van der Waals surface area contributed by atoms with Crippen LogP contribution in [-0.2, 0) is 4.79 Å². The summed E-state index contributed by atoms with van der Waals surface area (Å²) in [6.07, 6.45) is 13.0. The molecule has 2 N–H and O–H groups in total. The van der Waals surface area contributed by atoms with Gasteiger partial charge in [-0.05, 0) is 50.2 Å². The SMILES string of the molecule is C=C(O)/C(C)=C/CN(C)C(=O)C(NC(=C)C(C)C)C(C)(C)C.C=C/C=C\C(/C=C\C)=C(C)C.CC.CC.CCC. The van der Waals surface area contributed by atoms with Crippen LogP contribution in [0.15, 0.2) is 84.4 Å². The molecule has 0 fully saturated rings. The normalized spacial score (nSPS) is 11.3. The second-order valence-electron chi connectivity index (χ2n) is 10.4. The molecule has 4 heteroatoms. The number of carbonyl (C=O) groups is 1. The maximum atomic E-state index is 12.7. The minimum atomic E-state index is -0.349. The van der Waals surface area contributed by atoms with Crippen LogP contribution < -0.4 is 5.32 Å². The summed E-state index contributed by atoms with van der Waals surface area (Å²) in [7, 11) is 1.75. The van der Waals surface area contributed by atoms with Crippen molar-refractivity contribution >= 4 is 5.91 Å². The predicted molar refractivity (Wildman–Crippen MR) is 185 cm³/mol. The van der Waals surface area contributed by atoms with E-state index in [0.717, 1.165) is 5.70 Å². The highest BCUT2D eigenvalue weighted by atomic mass is 16.3. The maximum Gasteiger partial charge on any atom is 0.245 e. The van der Waals surface area contributed by atoms with Gasteiger partial charge in [-0.25, -0.2) is 0 Å². The number of carbonyl (C=O) groups excluding carboxylic acids is 1.